The molecule has 0 spiro atoms. The lowest BCUT2D eigenvalue weighted by molar-refractivity contribution is -0.133. The summed E-state index contributed by atoms with van der Waals surface area (Å²) in [6.07, 6.45) is 1.39. The highest BCUT2D eigenvalue weighted by Gasteiger charge is 2.47. The second-order valence-electron chi connectivity index (χ2n) is 7.00. The molecule has 4 amide bonds. The molecule has 2 rings (SSSR count). The van der Waals surface area contributed by atoms with E-state index in [1.54, 1.807) is 13.0 Å². The first-order valence-corrected chi connectivity index (χ1v) is 8.22. The summed E-state index contributed by atoms with van der Waals surface area (Å²) in [6.45, 7) is 7.49. The Balaban J connectivity index is 2.00. The zero-order valence-electron chi connectivity index (χ0n) is 14.7. The number of rotatable bonds is 6. The van der Waals surface area contributed by atoms with E-state index < -0.39 is 17.5 Å². The van der Waals surface area contributed by atoms with Gasteiger partial charge in [0.05, 0.1) is 0 Å². The fourth-order valence-electron chi connectivity index (χ4n) is 2.70. The van der Waals surface area contributed by atoms with Crippen LogP contribution in [0.3, 0.4) is 0 Å². The van der Waals surface area contributed by atoms with E-state index in [0.717, 1.165) is 16.9 Å². The number of aryl methyl sites for hydroxylation is 1. The zero-order valence-corrected chi connectivity index (χ0v) is 14.7. The van der Waals surface area contributed by atoms with Crippen LogP contribution in [0.25, 0.3) is 0 Å². The average molecular weight is 331 g/mol. The molecule has 6 nitrogen and oxygen atoms in total. The van der Waals surface area contributed by atoms with Crippen molar-refractivity contribution in [1.82, 2.24) is 10.2 Å². The van der Waals surface area contributed by atoms with Crippen LogP contribution < -0.4 is 10.6 Å². The molecule has 1 atom stereocenters. The zero-order chi connectivity index (χ0) is 17.9. The molecule has 0 aliphatic carbocycles. The van der Waals surface area contributed by atoms with E-state index in [2.05, 4.69) is 24.5 Å². The van der Waals surface area contributed by atoms with Crippen LogP contribution in [-0.4, -0.2) is 34.8 Å². The summed E-state index contributed by atoms with van der Waals surface area (Å²) in [5.74, 6) is -0.296. The summed E-state index contributed by atoms with van der Waals surface area (Å²) in [7, 11) is 0. The molecule has 6 heteroatoms. The first-order valence-electron chi connectivity index (χ1n) is 8.22. The van der Waals surface area contributed by atoms with Crippen LogP contribution in [0.5, 0.6) is 0 Å². The fourth-order valence-corrected chi connectivity index (χ4v) is 2.70. The predicted octanol–water partition coefficient (Wildman–Crippen LogP) is 2.68. The van der Waals surface area contributed by atoms with Gasteiger partial charge in [0.2, 0.25) is 5.91 Å². The molecule has 0 bridgehead atoms. The number of amides is 4. The molecule has 130 valence electrons. The van der Waals surface area contributed by atoms with Crippen molar-refractivity contribution < 1.29 is 14.4 Å². The smallest absolute Gasteiger partial charge is 0.325 e. The number of nitrogens with one attached hydrogen (secondary N) is 2. The molecule has 2 N–H and O–H groups in total. The number of nitrogens with zero attached hydrogens (tertiary/aromatic N) is 1. The molecule has 0 saturated carbocycles. The van der Waals surface area contributed by atoms with Gasteiger partial charge in [-0.15, -0.1) is 0 Å². The topological polar surface area (TPSA) is 78.5 Å². The fraction of sp³-hybridized carbons (Fsp3) is 0.500. The number of carbonyl (C=O) groups is 3. The van der Waals surface area contributed by atoms with E-state index in [9.17, 15) is 14.4 Å². The minimum atomic E-state index is -0.926. The Bertz CT molecular complexity index is 657. The second-order valence-corrected chi connectivity index (χ2v) is 7.00. The van der Waals surface area contributed by atoms with E-state index in [4.69, 9.17) is 0 Å². The van der Waals surface area contributed by atoms with E-state index in [1.165, 1.54) is 0 Å². The predicted molar refractivity (Wildman–Crippen MR) is 92.5 cm³/mol. The summed E-state index contributed by atoms with van der Waals surface area (Å²) in [5, 5.41) is 5.44. The van der Waals surface area contributed by atoms with Crippen molar-refractivity contribution in [3.63, 3.8) is 0 Å². The lowest BCUT2D eigenvalue weighted by atomic mass is 9.92. The number of hydrogen-bond acceptors (Lipinski definition) is 3. The largest absolute Gasteiger partial charge is 0.325 e. The van der Waals surface area contributed by atoms with Gasteiger partial charge in [-0.05, 0) is 50.3 Å². The van der Waals surface area contributed by atoms with Crippen molar-refractivity contribution in [3.05, 3.63) is 29.8 Å². The maximum atomic E-state index is 12.6. The molecule has 1 heterocycles. The van der Waals surface area contributed by atoms with E-state index >= 15 is 0 Å². The molecule has 0 radical (unpaired) electrons. The molecule has 1 saturated heterocycles. The summed E-state index contributed by atoms with van der Waals surface area (Å²) in [4.78, 5) is 37.8. The maximum absolute atomic E-state index is 12.6. The number of hydrogen-bond donors (Lipinski definition) is 2. The number of imide groups is 1. The van der Waals surface area contributed by atoms with Crippen molar-refractivity contribution in [2.75, 3.05) is 11.9 Å². The van der Waals surface area contributed by atoms with Gasteiger partial charge in [-0.2, -0.15) is 0 Å². The Morgan fingerprint density at radius 2 is 2.04 bits per heavy atom. The standard InChI is InChI=1S/C18H25N3O3/c1-12(2)8-9-18(4)16(23)21(17(24)20-18)11-15(22)19-14-7-5-6-13(3)10-14/h5-7,10,12H,8-9,11H2,1-4H3,(H,19,22)(H,20,24)/t18-/m0/s1. The third kappa shape index (κ3) is 4.13. The van der Waals surface area contributed by atoms with Gasteiger partial charge in [0.25, 0.3) is 5.91 Å². The molecule has 1 aliphatic rings. The number of anilines is 1. The first-order chi connectivity index (χ1) is 11.2. The Hall–Kier alpha value is -2.37. The van der Waals surface area contributed by atoms with E-state index in [-0.39, 0.29) is 12.5 Å². The van der Waals surface area contributed by atoms with Crippen LogP contribution in [0.15, 0.2) is 24.3 Å². The van der Waals surface area contributed by atoms with Gasteiger partial charge in [-0.25, -0.2) is 4.79 Å². The third-order valence-electron chi connectivity index (χ3n) is 4.17. The van der Waals surface area contributed by atoms with Crippen molar-refractivity contribution >= 4 is 23.5 Å². The molecule has 1 fully saturated rings. The lowest BCUT2D eigenvalue weighted by Gasteiger charge is -2.22. The Labute approximate surface area is 142 Å². The quantitative estimate of drug-likeness (QED) is 0.787. The Morgan fingerprint density at radius 3 is 2.67 bits per heavy atom. The van der Waals surface area contributed by atoms with Crippen molar-refractivity contribution in [3.8, 4) is 0 Å². The van der Waals surface area contributed by atoms with Crippen molar-refractivity contribution in [2.24, 2.45) is 5.92 Å². The Kier molecular flexibility index (Phi) is 5.26. The summed E-state index contributed by atoms with van der Waals surface area (Å²) in [6, 6.07) is 6.85. The molecule has 1 aromatic carbocycles. The van der Waals surface area contributed by atoms with Gasteiger partial charge in [-0.3, -0.25) is 14.5 Å². The van der Waals surface area contributed by atoms with Gasteiger partial charge in [0.1, 0.15) is 12.1 Å². The number of benzene rings is 1. The summed E-state index contributed by atoms with van der Waals surface area (Å²) >= 11 is 0. The monoisotopic (exact) mass is 331 g/mol. The third-order valence-corrected chi connectivity index (χ3v) is 4.17. The van der Waals surface area contributed by atoms with Gasteiger partial charge >= 0.3 is 6.03 Å². The number of carbonyl (C=O) groups excluding carboxylic acids is 3. The molecular weight excluding hydrogens is 306 g/mol. The second kappa shape index (κ2) is 7.03. The minimum absolute atomic E-state index is 0.282. The molecular formula is C18H25N3O3. The van der Waals surface area contributed by atoms with Gasteiger partial charge < -0.3 is 10.6 Å². The normalized spacial score (nSPS) is 20.5. The lowest BCUT2D eigenvalue weighted by Crippen LogP contribution is -2.44. The van der Waals surface area contributed by atoms with Crippen LogP contribution in [0.4, 0.5) is 10.5 Å². The SMILES string of the molecule is Cc1cccc(NC(=O)CN2C(=O)N[C@@](C)(CCC(C)C)C2=O)c1. The molecule has 1 aliphatic heterocycles. The van der Waals surface area contributed by atoms with Gasteiger partial charge in [0, 0.05) is 5.69 Å². The first kappa shape index (κ1) is 18.0. The Morgan fingerprint density at radius 1 is 1.33 bits per heavy atom. The highest BCUT2D eigenvalue weighted by molar-refractivity contribution is 6.09. The molecule has 0 unspecified atom stereocenters. The highest BCUT2D eigenvalue weighted by atomic mass is 16.2. The van der Waals surface area contributed by atoms with E-state index in [1.807, 2.05) is 25.1 Å². The van der Waals surface area contributed by atoms with Crippen LogP contribution in [0, 0.1) is 12.8 Å². The van der Waals surface area contributed by atoms with Crippen LogP contribution >= 0.6 is 0 Å². The van der Waals surface area contributed by atoms with Gasteiger partial charge in [-0.1, -0.05) is 26.0 Å². The number of urea groups is 1. The van der Waals surface area contributed by atoms with Crippen LogP contribution in [0.2, 0.25) is 0 Å². The summed E-state index contributed by atoms with van der Waals surface area (Å²) < 4.78 is 0. The van der Waals surface area contributed by atoms with Crippen LogP contribution in [-0.2, 0) is 9.59 Å². The van der Waals surface area contributed by atoms with E-state index in [0.29, 0.717) is 18.0 Å². The maximum Gasteiger partial charge on any atom is 0.325 e. The van der Waals surface area contributed by atoms with Crippen molar-refractivity contribution in [1.29, 1.82) is 0 Å². The van der Waals surface area contributed by atoms with Crippen molar-refractivity contribution in [2.45, 2.75) is 46.1 Å². The summed E-state index contributed by atoms with van der Waals surface area (Å²) in [5.41, 5.74) is 0.740. The average Bonchev–Trinajstić information content (AvgIpc) is 2.69. The molecule has 24 heavy (non-hydrogen) atoms. The van der Waals surface area contributed by atoms with Crippen LogP contribution in [0.1, 0.15) is 39.2 Å². The van der Waals surface area contributed by atoms with Gasteiger partial charge in [0.15, 0.2) is 0 Å². The minimum Gasteiger partial charge on any atom is -0.325 e. The molecule has 0 aromatic heterocycles. The highest BCUT2D eigenvalue weighted by Crippen LogP contribution is 2.24. The molecule has 1 aromatic rings.